The van der Waals surface area contributed by atoms with Gasteiger partial charge in [-0.1, -0.05) is 0 Å². The van der Waals surface area contributed by atoms with Crippen LogP contribution in [0.25, 0.3) is 0 Å². The molecule has 0 heterocycles. The van der Waals surface area contributed by atoms with Crippen LogP contribution in [0.5, 0.6) is 0 Å². The molecule has 1 N–H and O–H groups in total. The fourth-order valence-corrected chi connectivity index (χ4v) is 0. The quantitative estimate of drug-likeness (QED) is 0.502. The molecule has 0 fully saturated rings. The van der Waals surface area contributed by atoms with Gasteiger partial charge in [0.1, 0.15) is 7.26 Å². The maximum Gasteiger partial charge on any atom is 0.507 e. The van der Waals surface area contributed by atoms with Crippen molar-refractivity contribution < 1.29 is 18.6 Å². The first-order chi connectivity index (χ1) is 3.25. The molecule has 0 unspecified atom stereocenters. The van der Waals surface area contributed by atoms with Crippen molar-refractivity contribution in [2.75, 3.05) is 20.0 Å². The second kappa shape index (κ2) is 2.84. The molecule has 9 heavy (non-hydrogen) atoms. The Morgan fingerprint density at radius 2 is 1.11 bits per heavy atom. The van der Waals surface area contributed by atoms with Crippen LogP contribution in [-0.2, 0) is 0 Å². The average Bonchev–Trinajstić information content (AvgIpc) is 1.25. The lowest BCUT2D eigenvalue weighted by molar-refractivity contribution is -0.0422. The molecule has 5 heteroatoms. The van der Waals surface area contributed by atoms with E-state index in [1.54, 1.807) is 0 Å². The van der Waals surface area contributed by atoms with Crippen molar-refractivity contribution >= 4 is 7.26 Å². The van der Waals surface area contributed by atoms with Crippen LogP contribution in [0, 0.1) is 0 Å². The van der Waals surface area contributed by atoms with E-state index in [1.165, 1.54) is 20.0 Å². The summed E-state index contributed by atoms with van der Waals surface area (Å²) < 4.78 is 34.8. The number of halogens is 3. The highest BCUT2D eigenvalue weighted by atomic mass is 31.2. The van der Waals surface area contributed by atoms with Gasteiger partial charge in [0.05, 0.1) is 20.0 Å². The zero-order chi connectivity index (χ0) is 7.00. The molecular weight excluding hydrogens is 152 g/mol. The number of rotatable bonds is 0. The maximum atomic E-state index is 11.6. The van der Waals surface area contributed by atoms with Gasteiger partial charge in [0, 0.05) is 0 Å². The van der Waals surface area contributed by atoms with Crippen LogP contribution in [0.3, 0.4) is 0 Å². The van der Waals surface area contributed by atoms with Gasteiger partial charge in [0.15, 0.2) is 0 Å². The SMILES string of the molecule is C[P+](C)(C)C(F)(F)F.[OH-]. The normalized spacial score (nSPS) is 12.7. The fraction of sp³-hybridized carbons (Fsp3) is 1.00. The van der Waals surface area contributed by atoms with E-state index in [-0.39, 0.29) is 5.48 Å². The van der Waals surface area contributed by atoms with Crippen LogP contribution >= 0.6 is 7.26 Å². The van der Waals surface area contributed by atoms with Crippen LogP contribution in [-0.4, -0.2) is 31.4 Å². The Morgan fingerprint density at radius 3 is 1.11 bits per heavy atom. The lowest BCUT2D eigenvalue weighted by atomic mass is 11.5. The predicted molar refractivity (Wildman–Crippen MR) is 32.7 cm³/mol. The summed E-state index contributed by atoms with van der Waals surface area (Å²) in [5.41, 5.74) is 0. The lowest BCUT2D eigenvalue weighted by Crippen LogP contribution is -2.11. The summed E-state index contributed by atoms with van der Waals surface area (Å²) in [6.45, 7) is 3.77. The Hall–Kier alpha value is 0.180. The van der Waals surface area contributed by atoms with Crippen LogP contribution in [0.1, 0.15) is 0 Å². The Kier molecular flexibility index (Phi) is 3.76. The summed E-state index contributed by atoms with van der Waals surface area (Å²) in [6.07, 6.45) is 0. The van der Waals surface area contributed by atoms with E-state index in [2.05, 4.69) is 0 Å². The first-order valence-electron chi connectivity index (χ1n) is 2.13. The summed E-state index contributed by atoms with van der Waals surface area (Å²) in [4.78, 5) is 0. The van der Waals surface area contributed by atoms with Crippen LogP contribution < -0.4 is 0 Å². The van der Waals surface area contributed by atoms with Gasteiger partial charge in [0.2, 0.25) is 0 Å². The molecule has 0 atom stereocenters. The zero-order valence-corrected chi connectivity index (χ0v) is 6.42. The van der Waals surface area contributed by atoms with Crippen molar-refractivity contribution in [1.29, 1.82) is 0 Å². The smallest absolute Gasteiger partial charge is 0.507 e. The van der Waals surface area contributed by atoms with Crippen molar-refractivity contribution in [2.24, 2.45) is 0 Å². The van der Waals surface area contributed by atoms with Crippen LogP contribution in [0.15, 0.2) is 0 Å². The fourth-order valence-electron chi connectivity index (χ4n) is 0. The van der Waals surface area contributed by atoms with Crippen LogP contribution in [0.4, 0.5) is 13.2 Å². The molecule has 0 aliphatic heterocycles. The van der Waals surface area contributed by atoms with Gasteiger partial charge in [-0.3, -0.25) is 0 Å². The lowest BCUT2D eigenvalue weighted by Gasteiger charge is -2.13. The highest BCUT2D eigenvalue weighted by molar-refractivity contribution is 7.74. The second-order valence-corrected chi connectivity index (χ2v) is 7.01. The summed E-state index contributed by atoms with van der Waals surface area (Å²) >= 11 is 0. The molecule has 58 valence electrons. The van der Waals surface area contributed by atoms with Crippen LogP contribution in [0.2, 0.25) is 0 Å². The van der Waals surface area contributed by atoms with E-state index in [0.717, 1.165) is 0 Å². The van der Waals surface area contributed by atoms with Gasteiger partial charge in [-0.2, -0.15) is 0 Å². The topological polar surface area (TPSA) is 30.0 Å². The van der Waals surface area contributed by atoms with E-state index in [4.69, 9.17) is 0 Å². The van der Waals surface area contributed by atoms with E-state index in [0.29, 0.717) is 0 Å². The van der Waals surface area contributed by atoms with Gasteiger partial charge in [-0.05, 0) is 0 Å². The van der Waals surface area contributed by atoms with Crippen molar-refractivity contribution in [1.82, 2.24) is 0 Å². The molecule has 0 saturated carbocycles. The summed E-state index contributed by atoms with van der Waals surface area (Å²) in [5, 5.41) is 0. The van der Waals surface area contributed by atoms with E-state index >= 15 is 0 Å². The molecule has 0 aromatic heterocycles. The number of hydrogen-bond acceptors (Lipinski definition) is 1. The molecule has 0 aromatic carbocycles. The minimum atomic E-state index is -3.95. The van der Waals surface area contributed by atoms with Gasteiger partial charge >= 0.3 is 5.92 Å². The molecule has 1 nitrogen and oxygen atoms in total. The first kappa shape index (κ1) is 11.9. The molecule has 0 bridgehead atoms. The van der Waals surface area contributed by atoms with Gasteiger partial charge in [-0.25, -0.2) is 0 Å². The molecule has 0 radical (unpaired) electrons. The number of hydrogen-bond donors (Lipinski definition) is 0. The molecule has 0 saturated heterocycles. The molecular formula is C4H10F3OP. The van der Waals surface area contributed by atoms with Crippen molar-refractivity contribution in [3.8, 4) is 0 Å². The second-order valence-electron chi connectivity index (χ2n) is 2.48. The largest absolute Gasteiger partial charge is 0.870 e. The maximum absolute atomic E-state index is 11.6. The van der Waals surface area contributed by atoms with Gasteiger partial charge in [-0.15, -0.1) is 13.2 Å². The molecule has 0 aliphatic rings. The monoisotopic (exact) mass is 162 g/mol. The Bertz CT molecular complexity index is 70.8. The number of alkyl halides is 3. The Balaban J connectivity index is 0. The van der Waals surface area contributed by atoms with Crippen molar-refractivity contribution in [3.05, 3.63) is 0 Å². The van der Waals surface area contributed by atoms with Crippen molar-refractivity contribution in [2.45, 2.75) is 5.92 Å². The predicted octanol–water partition coefficient (Wildman–Crippen LogP) is 2.24. The highest BCUT2D eigenvalue weighted by Crippen LogP contribution is 2.62. The first-order valence-corrected chi connectivity index (χ1v) is 5.26. The third kappa shape index (κ3) is 3.71. The molecule has 0 aromatic rings. The van der Waals surface area contributed by atoms with E-state index in [9.17, 15) is 13.2 Å². The summed E-state index contributed by atoms with van der Waals surface area (Å²) in [6, 6.07) is 0. The summed E-state index contributed by atoms with van der Waals surface area (Å²) in [7, 11) is -2.60. The van der Waals surface area contributed by atoms with Crippen molar-refractivity contribution in [3.63, 3.8) is 0 Å². The minimum absolute atomic E-state index is 0. The van der Waals surface area contributed by atoms with Gasteiger partial charge < -0.3 is 5.48 Å². The summed E-state index contributed by atoms with van der Waals surface area (Å²) in [5.74, 6) is -3.95. The standard InChI is InChI=1S/C4H9F3P.H2O/c1-8(2,3)4(5,6)7;/h1-3H3;1H2/q+1;/p-1. The van der Waals surface area contributed by atoms with Gasteiger partial charge in [0.25, 0.3) is 0 Å². The highest BCUT2D eigenvalue weighted by Gasteiger charge is 2.51. The third-order valence-corrected chi connectivity index (χ3v) is 2.28. The molecule has 0 aliphatic carbocycles. The molecule has 0 rings (SSSR count). The molecule has 0 spiro atoms. The minimum Gasteiger partial charge on any atom is -0.870 e. The van der Waals surface area contributed by atoms with E-state index < -0.39 is 13.2 Å². The molecule has 0 amide bonds. The Morgan fingerprint density at radius 1 is 1.00 bits per heavy atom. The van der Waals surface area contributed by atoms with E-state index in [1.807, 2.05) is 0 Å². The zero-order valence-electron chi connectivity index (χ0n) is 5.53. The Labute approximate surface area is 52.9 Å². The average molecular weight is 162 g/mol. The third-order valence-electron chi connectivity index (χ3n) is 0.761.